The number of aromatic nitrogens is 4. The van der Waals surface area contributed by atoms with E-state index in [9.17, 15) is 4.79 Å². The fraction of sp³-hybridized carbons (Fsp3) is 0.400. The zero-order chi connectivity index (χ0) is 11.9. The van der Waals surface area contributed by atoms with Crippen LogP contribution in [0.2, 0.25) is 0 Å². The van der Waals surface area contributed by atoms with E-state index in [1.807, 2.05) is 17.5 Å². The third-order valence-electron chi connectivity index (χ3n) is 2.24. The number of aryl methyl sites for hydroxylation is 1. The Kier molecular flexibility index (Phi) is 4.20. The normalized spacial score (nSPS) is 10.4. The van der Waals surface area contributed by atoms with Gasteiger partial charge in [0.2, 0.25) is 5.91 Å². The first-order chi connectivity index (χ1) is 8.34. The van der Waals surface area contributed by atoms with Crippen LogP contribution in [0.4, 0.5) is 0 Å². The largest absolute Gasteiger partial charge is 0.356 e. The van der Waals surface area contributed by atoms with Crippen molar-refractivity contribution in [3.05, 3.63) is 28.2 Å². The number of nitrogens with zero attached hydrogens (tertiary/aromatic N) is 3. The topological polar surface area (TPSA) is 83.6 Å². The van der Waals surface area contributed by atoms with E-state index in [1.54, 1.807) is 11.3 Å². The second-order valence-electron chi connectivity index (χ2n) is 3.51. The van der Waals surface area contributed by atoms with Crippen LogP contribution >= 0.6 is 11.3 Å². The number of rotatable bonds is 6. The number of nitrogens with one attached hydrogen (secondary N) is 2. The summed E-state index contributed by atoms with van der Waals surface area (Å²) in [6.45, 7) is 0.544. The number of aromatic amines is 1. The fourth-order valence-corrected chi connectivity index (χ4v) is 2.09. The summed E-state index contributed by atoms with van der Waals surface area (Å²) in [4.78, 5) is 12.7. The lowest BCUT2D eigenvalue weighted by Crippen LogP contribution is -2.26. The van der Waals surface area contributed by atoms with Crippen LogP contribution < -0.4 is 5.32 Å². The Bertz CT molecular complexity index is 439. The highest BCUT2D eigenvalue weighted by Gasteiger charge is 2.03. The average Bonchev–Trinajstić information content (AvgIpc) is 2.99. The number of amides is 1. The molecular formula is C10H13N5OS. The molecule has 0 fully saturated rings. The van der Waals surface area contributed by atoms with Crippen molar-refractivity contribution in [1.82, 2.24) is 25.9 Å². The molecule has 2 heterocycles. The zero-order valence-electron chi connectivity index (χ0n) is 9.22. The minimum absolute atomic E-state index is 0.0573. The number of carbonyl (C=O) groups is 1. The van der Waals surface area contributed by atoms with Crippen molar-refractivity contribution < 1.29 is 4.79 Å². The van der Waals surface area contributed by atoms with Gasteiger partial charge in [-0.3, -0.25) is 4.79 Å². The van der Waals surface area contributed by atoms with Gasteiger partial charge >= 0.3 is 0 Å². The first kappa shape index (κ1) is 11.7. The van der Waals surface area contributed by atoms with Crippen molar-refractivity contribution >= 4 is 17.2 Å². The van der Waals surface area contributed by atoms with Crippen molar-refractivity contribution in [2.75, 3.05) is 6.54 Å². The summed E-state index contributed by atoms with van der Waals surface area (Å²) in [5.74, 6) is 0.672. The smallest absolute Gasteiger partial charge is 0.220 e. The Labute approximate surface area is 102 Å². The minimum Gasteiger partial charge on any atom is -0.356 e. The molecule has 0 unspecified atom stereocenters. The van der Waals surface area contributed by atoms with Gasteiger partial charge in [0, 0.05) is 24.3 Å². The molecule has 0 aliphatic heterocycles. The van der Waals surface area contributed by atoms with Crippen LogP contribution in [0.3, 0.4) is 0 Å². The summed E-state index contributed by atoms with van der Waals surface area (Å²) in [5, 5.41) is 18.3. The molecular weight excluding hydrogens is 238 g/mol. The van der Waals surface area contributed by atoms with Crippen LogP contribution in [-0.2, 0) is 17.6 Å². The molecule has 0 saturated heterocycles. The Morgan fingerprint density at radius 3 is 3.12 bits per heavy atom. The van der Waals surface area contributed by atoms with E-state index in [0.717, 1.165) is 6.42 Å². The third kappa shape index (κ3) is 3.95. The Morgan fingerprint density at radius 1 is 1.47 bits per heavy atom. The highest BCUT2D eigenvalue weighted by Crippen LogP contribution is 2.10. The zero-order valence-corrected chi connectivity index (χ0v) is 10.0. The number of tetrazole rings is 1. The number of carbonyl (C=O) groups excluding carboxylic acids is 1. The van der Waals surface area contributed by atoms with Gasteiger partial charge in [0.25, 0.3) is 0 Å². The number of hydrogen-bond donors (Lipinski definition) is 2. The maximum atomic E-state index is 11.5. The van der Waals surface area contributed by atoms with Crippen LogP contribution in [0.15, 0.2) is 17.5 Å². The quantitative estimate of drug-likeness (QED) is 0.785. The lowest BCUT2D eigenvalue weighted by molar-refractivity contribution is -0.121. The molecule has 90 valence electrons. The van der Waals surface area contributed by atoms with Crippen LogP contribution in [0.1, 0.15) is 17.1 Å². The molecule has 0 saturated carbocycles. The van der Waals surface area contributed by atoms with Gasteiger partial charge in [-0.15, -0.1) is 21.5 Å². The molecule has 2 aromatic rings. The van der Waals surface area contributed by atoms with Crippen molar-refractivity contribution in [2.24, 2.45) is 0 Å². The summed E-state index contributed by atoms with van der Waals surface area (Å²) >= 11 is 1.67. The maximum Gasteiger partial charge on any atom is 0.220 e. The van der Waals surface area contributed by atoms with E-state index >= 15 is 0 Å². The SMILES string of the molecule is O=C(CCc1cccs1)NCCc1nn[nH]n1. The highest BCUT2D eigenvalue weighted by molar-refractivity contribution is 7.09. The Hall–Kier alpha value is -1.76. The molecule has 17 heavy (non-hydrogen) atoms. The molecule has 1 amide bonds. The van der Waals surface area contributed by atoms with E-state index in [-0.39, 0.29) is 5.91 Å². The molecule has 0 spiro atoms. The van der Waals surface area contributed by atoms with Gasteiger partial charge in [-0.1, -0.05) is 11.3 Å². The highest BCUT2D eigenvalue weighted by atomic mass is 32.1. The third-order valence-corrected chi connectivity index (χ3v) is 3.17. The second kappa shape index (κ2) is 6.09. The molecule has 0 aliphatic rings. The minimum atomic E-state index is 0.0573. The van der Waals surface area contributed by atoms with Gasteiger partial charge in [-0.2, -0.15) is 5.21 Å². The first-order valence-electron chi connectivity index (χ1n) is 5.36. The predicted molar refractivity (Wildman–Crippen MR) is 63.5 cm³/mol. The van der Waals surface area contributed by atoms with E-state index in [0.29, 0.717) is 25.2 Å². The number of H-pyrrole nitrogens is 1. The van der Waals surface area contributed by atoms with Crippen molar-refractivity contribution in [2.45, 2.75) is 19.3 Å². The molecule has 2 rings (SSSR count). The fourth-order valence-electron chi connectivity index (χ4n) is 1.38. The van der Waals surface area contributed by atoms with E-state index in [4.69, 9.17) is 0 Å². The molecule has 2 N–H and O–H groups in total. The Morgan fingerprint density at radius 2 is 2.41 bits per heavy atom. The molecule has 7 heteroatoms. The monoisotopic (exact) mass is 251 g/mol. The maximum absolute atomic E-state index is 11.5. The van der Waals surface area contributed by atoms with Crippen LogP contribution in [0.5, 0.6) is 0 Å². The van der Waals surface area contributed by atoms with Gasteiger partial charge in [0.1, 0.15) is 0 Å². The summed E-state index contributed by atoms with van der Waals surface area (Å²) in [6, 6.07) is 4.03. The second-order valence-corrected chi connectivity index (χ2v) is 4.54. The van der Waals surface area contributed by atoms with Gasteiger partial charge in [0.05, 0.1) is 0 Å². The molecule has 0 aromatic carbocycles. The van der Waals surface area contributed by atoms with Crippen LogP contribution in [0, 0.1) is 0 Å². The summed E-state index contributed by atoms with van der Waals surface area (Å²) in [7, 11) is 0. The van der Waals surface area contributed by atoms with Crippen molar-refractivity contribution in [3.8, 4) is 0 Å². The van der Waals surface area contributed by atoms with E-state index in [1.165, 1.54) is 4.88 Å². The lowest BCUT2D eigenvalue weighted by atomic mass is 10.2. The van der Waals surface area contributed by atoms with Crippen LogP contribution in [-0.4, -0.2) is 33.1 Å². The van der Waals surface area contributed by atoms with E-state index in [2.05, 4.69) is 25.9 Å². The van der Waals surface area contributed by atoms with Gasteiger partial charge in [-0.05, 0) is 17.9 Å². The standard InChI is InChI=1S/C10H13N5OS/c16-10(4-3-8-2-1-7-17-8)11-6-5-9-12-14-15-13-9/h1-2,7H,3-6H2,(H,11,16)(H,12,13,14,15). The molecule has 0 atom stereocenters. The lowest BCUT2D eigenvalue weighted by Gasteiger charge is -2.02. The van der Waals surface area contributed by atoms with E-state index < -0.39 is 0 Å². The number of thiophene rings is 1. The molecule has 6 nitrogen and oxygen atoms in total. The molecule has 0 radical (unpaired) electrons. The van der Waals surface area contributed by atoms with Crippen molar-refractivity contribution in [3.63, 3.8) is 0 Å². The molecule has 0 bridgehead atoms. The predicted octanol–water partition coefficient (Wildman–Crippen LogP) is 0.553. The summed E-state index contributed by atoms with van der Waals surface area (Å²) in [6.07, 6.45) is 1.92. The summed E-state index contributed by atoms with van der Waals surface area (Å²) < 4.78 is 0. The van der Waals surface area contributed by atoms with Gasteiger partial charge in [-0.25, -0.2) is 0 Å². The van der Waals surface area contributed by atoms with Gasteiger partial charge < -0.3 is 5.32 Å². The average molecular weight is 251 g/mol. The Balaban J connectivity index is 1.61. The van der Waals surface area contributed by atoms with Gasteiger partial charge in [0.15, 0.2) is 5.82 Å². The number of hydrogen-bond acceptors (Lipinski definition) is 5. The molecule has 0 aliphatic carbocycles. The van der Waals surface area contributed by atoms with Crippen LogP contribution in [0.25, 0.3) is 0 Å². The van der Waals surface area contributed by atoms with Crippen molar-refractivity contribution in [1.29, 1.82) is 0 Å². The first-order valence-corrected chi connectivity index (χ1v) is 6.24. The summed E-state index contributed by atoms with van der Waals surface area (Å²) in [5.41, 5.74) is 0. The molecule has 2 aromatic heterocycles.